The molecule has 1 rings (SSSR count). The molecule has 1 aromatic heterocycles. The molecule has 0 aliphatic rings. The number of nitrogens with zero attached hydrogens (tertiary/aromatic N) is 1. The third kappa shape index (κ3) is 2.76. The van der Waals surface area contributed by atoms with Gasteiger partial charge in [-0.2, -0.15) is 0 Å². The second-order valence-electron chi connectivity index (χ2n) is 4.99. The van der Waals surface area contributed by atoms with Crippen LogP contribution in [-0.2, 0) is 0 Å². The highest BCUT2D eigenvalue weighted by atomic mass is 16.3. The van der Waals surface area contributed by atoms with E-state index in [2.05, 4.69) is 4.98 Å². The Labute approximate surface area is 90.8 Å². The van der Waals surface area contributed by atoms with Gasteiger partial charge in [-0.25, -0.2) is 0 Å². The summed E-state index contributed by atoms with van der Waals surface area (Å²) in [6, 6.07) is 1.83. The third-order valence-electron chi connectivity index (χ3n) is 2.58. The minimum absolute atomic E-state index is 0.346. The summed E-state index contributed by atoms with van der Waals surface area (Å²) in [6.45, 7) is 7.58. The monoisotopic (exact) mass is 209 g/mol. The molecule has 15 heavy (non-hydrogen) atoms. The molecule has 2 atom stereocenters. The average molecular weight is 209 g/mol. The first kappa shape index (κ1) is 12.1. The van der Waals surface area contributed by atoms with E-state index >= 15 is 0 Å². The van der Waals surface area contributed by atoms with E-state index in [0.29, 0.717) is 5.56 Å². The Kier molecular flexibility index (Phi) is 3.47. The van der Waals surface area contributed by atoms with Crippen LogP contribution in [0, 0.1) is 12.3 Å². The van der Waals surface area contributed by atoms with Crippen LogP contribution < -0.4 is 0 Å². The summed E-state index contributed by atoms with van der Waals surface area (Å²) < 4.78 is 0. The molecule has 0 aliphatic carbocycles. The fourth-order valence-corrected chi connectivity index (χ4v) is 1.43. The average Bonchev–Trinajstić information content (AvgIpc) is 2.15. The van der Waals surface area contributed by atoms with E-state index in [0.717, 1.165) is 5.56 Å². The van der Waals surface area contributed by atoms with E-state index in [9.17, 15) is 10.2 Å². The summed E-state index contributed by atoms with van der Waals surface area (Å²) in [5.74, 6) is 0. The molecule has 0 aromatic carbocycles. The Balaban J connectivity index is 2.95. The van der Waals surface area contributed by atoms with Gasteiger partial charge in [0.1, 0.15) is 6.10 Å². The van der Waals surface area contributed by atoms with Crippen molar-refractivity contribution in [2.45, 2.75) is 39.9 Å². The molecule has 0 spiro atoms. The van der Waals surface area contributed by atoms with E-state index in [1.807, 2.05) is 33.8 Å². The van der Waals surface area contributed by atoms with Gasteiger partial charge in [0.2, 0.25) is 0 Å². The minimum atomic E-state index is -0.876. The Morgan fingerprint density at radius 3 is 2.33 bits per heavy atom. The van der Waals surface area contributed by atoms with Gasteiger partial charge in [0.05, 0.1) is 6.10 Å². The molecule has 2 unspecified atom stereocenters. The molecule has 3 heteroatoms. The number of pyridine rings is 1. The number of aliphatic hydroxyl groups excluding tert-OH is 2. The fourth-order valence-electron chi connectivity index (χ4n) is 1.43. The van der Waals surface area contributed by atoms with Gasteiger partial charge >= 0.3 is 0 Å². The maximum Gasteiger partial charge on any atom is 0.107 e. The molecular formula is C12H19NO2. The predicted molar refractivity (Wildman–Crippen MR) is 59.4 cm³/mol. The normalized spacial score (nSPS) is 16.1. The van der Waals surface area contributed by atoms with E-state index in [4.69, 9.17) is 0 Å². The first-order valence-electron chi connectivity index (χ1n) is 5.10. The van der Waals surface area contributed by atoms with Crippen LogP contribution in [0.15, 0.2) is 18.5 Å². The van der Waals surface area contributed by atoms with Gasteiger partial charge in [-0.3, -0.25) is 4.98 Å². The number of hydrogen-bond acceptors (Lipinski definition) is 3. The largest absolute Gasteiger partial charge is 0.390 e. The molecule has 3 nitrogen and oxygen atoms in total. The summed E-state index contributed by atoms with van der Waals surface area (Å²) in [7, 11) is 0. The Bertz CT molecular complexity index is 331. The van der Waals surface area contributed by atoms with Crippen LogP contribution in [0.25, 0.3) is 0 Å². The van der Waals surface area contributed by atoms with E-state index in [1.165, 1.54) is 0 Å². The lowest BCUT2D eigenvalue weighted by Gasteiger charge is -2.30. The molecule has 0 saturated heterocycles. The molecule has 0 bridgehead atoms. The molecule has 0 radical (unpaired) electrons. The summed E-state index contributed by atoms with van der Waals surface area (Å²) in [5.41, 5.74) is 1.29. The molecule has 0 aliphatic heterocycles. The number of aliphatic hydroxyl groups is 2. The smallest absolute Gasteiger partial charge is 0.107 e. The zero-order valence-corrected chi connectivity index (χ0v) is 9.73. The van der Waals surface area contributed by atoms with Gasteiger partial charge in [0.15, 0.2) is 0 Å². The molecule has 2 N–H and O–H groups in total. The topological polar surface area (TPSA) is 53.4 Å². The summed E-state index contributed by atoms with van der Waals surface area (Å²) in [5, 5.41) is 20.0. The van der Waals surface area contributed by atoms with Gasteiger partial charge in [-0.1, -0.05) is 20.8 Å². The molecule has 0 saturated carbocycles. The van der Waals surface area contributed by atoms with Crippen molar-refractivity contribution in [2.24, 2.45) is 5.41 Å². The van der Waals surface area contributed by atoms with Crippen LogP contribution in [0.1, 0.15) is 38.0 Å². The molecule has 0 amide bonds. The van der Waals surface area contributed by atoms with Crippen LogP contribution in [-0.4, -0.2) is 21.3 Å². The van der Waals surface area contributed by atoms with Crippen molar-refractivity contribution >= 4 is 0 Å². The summed E-state index contributed by atoms with van der Waals surface area (Å²) in [4.78, 5) is 3.96. The molecule has 84 valence electrons. The van der Waals surface area contributed by atoms with Gasteiger partial charge in [-0.05, 0) is 24.0 Å². The van der Waals surface area contributed by atoms with E-state index in [1.54, 1.807) is 12.4 Å². The molecular weight excluding hydrogens is 190 g/mol. The zero-order valence-electron chi connectivity index (χ0n) is 9.73. The van der Waals surface area contributed by atoms with Crippen LogP contribution in [0.5, 0.6) is 0 Å². The van der Waals surface area contributed by atoms with Crippen molar-refractivity contribution < 1.29 is 10.2 Å². The fraction of sp³-hybridized carbons (Fsp3) is 0.583. The predicted octanol–water partition coefficient (Wildman–Crippen LogP) is 1.83. The quantitative estimate of drug-likeness (QED) is 0.781. The first-order valence-corrected chi connectivity index (χ1v) is 5.10. The van der Waals surface area contributed by atoms with Crippen LogP contribution >= 0.6 is 0 Å². The van der Waals surface area contributed by atoms with Crippen molar-refractivity contribution in [3.05, 3.63) is 29.6 Å². The van der Waals surface area contributed by atoms with Crippen LogP contribution in [0.3, 0.4) is 0 Å². The Hall–Kier alpha value is -0.930. The maximum atomic E-state index is 10.0. The molecule has 1 heterocycles. The summed E-state index contributed by atoms with van der Waals surface area (Å²) in [6.07, 6.45) is 1.61. The number of hydrogen-bond donors (Lipinski definition) is 2. The second-order valence-corrected chi connectivity index (χ2v) is 4.99. The number of aromatic nitrogens is 1. The Morgan fingerprint density at radius 2 is 1.87 bits per heavy atom. The van der Waals surface area contributed by atoms with Gasteiger partial charge in [-0.15, -0.1) is 0 Å². The highest BCUT2D eigenvalue weighted by Gasteiger charge is 2.30. The number of aryl methyl sites for hydroxylation is 1. The van der Waals surface area contributed by atoms with Gasteiger partial charge in [0.25, 0.3) is 0 Å². The second kappa shape index (κ2) is 4.29. The first-order chi connectivity index (χ1) is 6.84. The van der Waals surface area contributed by atoms with Crippen LogP contribution in [0.2, 0.25) is 0 Å². The van der Waals surface area contributed by atoms with Crippen molar-refractivity contribution in [2.75, 3.05) is 0 Å². The highest BCUT2D eigenvalue weighted by Crippen LogP contribution is 2.30. The lowest BCUT2D eigenvalue weighted by molar-refractivity contribution is -0.0462. The van der Waals surface area contributed by atoms with Crippen molar-refractivity contribution in [1.29, 1.82) is 0 Å². The van der Waals surface area contributed by atoms with E-state index < -0.39 is 12.2 Å². The number of rotatable bonds is 2. The van der Waals surface area contributed by atoms with Gasteiger partial charge in [0, 0.05) is 18.0 Å². The lowest BCUT2D eigenvalue weighted by Crippen LogP contribution is -2.32. The van der Waals surface area contributed by atoms with Crippen molar-refractivity contribution in [3.63, 3.8) is 0 Å². The van der Waals surface area contributed by atoms with Gasteiger partial charge < -0.3 is 10.2 Å². The third-order valence-corrected chi connectivity index (χ3v) is 2.58. The van der Waals surface area contributed by atoms with Crippen molar-refractivity contribution in [3.8, 4) is 0 Å². The van der Waals surface area contributed by atoms with E-state index in [-0.39, 0.29) is 5.41 Å². The highest BCUT2D eigenvalue weighted by molar-refractivity contribution is 5.24. The minimum Gasteiger partial charge on any atom is -0.390 e. The van der Waals surface area contributed by atoms with Crippen molar-refractivity contribution in [1.82, 2.24) is 4.98 Å². The zero-order chi connectivity index (χ0) is 11.6. The molecule has 1 aromatic rings. The standard InChI is InChI=1S/C12H19NO2/c1-8-5-6-13-7-9(8)10(14)11(15)12(2,3)4/h5-7,10-11,14-15H,1-4H3. The Morgan fingerprint density at radius 1 is 1.27 bits per heavy atom. The SMILES string of the molecule is Cc1ccncc1C(O)C(O)C(C)(C)C. The molecule has 0 fully saturated rings. The summed E-state index contributed by atoms with van der Waals surface area (Å²) >= 11 is 0. The maximum absolute atomic E-state index is 10.0. The lowest BCUT2D eigenvalue weighted by atomic mass is 9.83. The van der Waals surface area contributed by atoms with Crippen LogP contribution in [0.4, 0.5) is 0 Å².